The van der Waals surface area contributed by atoms with E-state index in [1.54, 1.807) is 17.1 Å². The van der Waals surface area contributed by atoms with E-state index in [1.807, 2.05) is 25.4 Å². The summed E-state index contributed by atoms with van der Waals surface area (Å²) in [6.07, 6.45) is 5.15. The van der Waals surface area contributed by atoms with Gasteiger partial charge in [-0.3, -0.25) is 4.68 Å². The van der Waals surface area contributed by atoms with Gasteiger partial charge in [-0.1, -0.05) is 0 Å². The molecule has 2 aromatic heterocycles. The first-order valence-corrected chi connectivity index (χ1v) is 5.12. The van der Waals surface area contributed by atoms with E-state index in [-0.39, 0.29) is 6.10 Å². The fourth-order valence-electron chi connectivity index (χ4n) is 1.48. The summed E-state index contributed by atoms with van der Waals surface area (Å²) in [6, 6.07) is 3.71. The monoisotopic (exact) mass is 221 g/mol. The third kappa shape index (κ3) is 2.50. The Bertz CT molecular complexity index is 422. The SMILES string of the molecule is Cn1cc(C(CN)OCc2ccco2)cn1. The van der Waals surface area contributed by atoms with E-state index in [0.29, 0.717) is 13.2 Å². The van der Waals surface area contributed by atoms with Crippen LogP contribution in [0.2, 0.25) is 0 Å². The molecule has 1 unspecified atom stereocenters. The summed E-state index contributed by atoms with van der Waals surface area (Å²) in [5.41, 5.74) is 6.64. The first-order chi connectivity index (χ1) is 7.79. The van der Waals surface area contributed by atoms with Crippen LogP contribution in [0.5, 0.6) is 0 Å². The molecule has 0 fully saturated rings. The average molecular weight is 221 g/mol. The quantitative estimate of drug-likeness (QED) is 0.824. The molecule has 0 aliphatic carbocycles. The molecule has 0 saturated heterocycles. The number of nitrogens with two attached hydrogens (primary N) is 1. The number of furan rings is 1. The number of rotatable bonds is 5. The smallest absolute Gasteiger partial charge is 0.129 e. The van der Waals surface area contributed by atoms with E-state index < -0.39 is 0 Å². The maximum absolute atomic E-state index is 5.66. The summed E-state index contributed by atoms with van der Waals surface area (Å²) in [5, 5.41) is 4.09. The largest absolute Gasteiger partial charge is 0.467 e. The zero-order chi connectivity index (χ0) is 11.4. The summed E-state index contributed by atoms with van der Waals surface area (Å²) in [6.45, 7) is 0.843. The minimum absolute atomic E-state index is 0.140. The summed E-state index contributed by atoms with van der Waals surface area (Å²) in [4.78, 5) is 0. The molecule has 2 rings (SSSR count). The van der Waals surface area contributed by atoms with Gasteiger partial charge < -0.3 is 14.9 Å². The van der Waals surface area contributed by atoms with Crippen molar-refractivity contribution < 1.29 is 9.15 Å². The molecular formula is C11H15N3O2. The van der Waals surface area contributed by atoms with Crippen LogP contribution in [0.15, 0.2) is 35.2 Å². The second-order valence-electron chi connectivity index (χ2n) is 3.56. The molecule has 0 radical (unpaired) electrons. The first-order valence-electron chi connectivity index (χ1n) is 5.12. The van der Waals surface area contributed by atoms with Crippen LogP contribution in [0.25, 0.3) is 0 Å². The van der Waals surface area contributed by atoms with Crippen molar-refractivity contribution in [2.45, 2.75) is 12.7 Å². The fraction of sp³-hybridized carbons (Fsp3) is 0.364. The van der Waals surface area contributed by atoms with Crippen molar-refractivity contribution in [1.29, 1.82) is 0 Å². The maximum Gasteiger partial charge on any atom is 0.129 e. The van der Waals surface area contributed by atoms with Crippen LogP contribution in [-0.4, -0.2) is 16.3 Å². The molecule has 0 aromatic carbocycles. The van der Waals surface area contributed by atoms with Gasteiger partial charge in [-0.2, -0.15) is 5.10 Å². The van der Waals surface area contributed by atoms with Gasteiger partial charge in [-0.25, -0.2) is 0 Å². The van der Waals surface area contributed by atoms with Crippen LogP contribution in [0, 0.1) is 0 Å². The van der Waals surface area contributed by atoms with Gasteiger partial charge in [0, 0.05) is 25.4 Å². The summed E-state index contributed by atoms with van der Waals surface area (Å²) < 4.78 is 12.6. The third-order valence-electron chi connectivity index (χ3n) is 2.32. The van der Waals surface area contributed by atoms with Crippen molar-refractivity contribution in [2.24, 2.45) is 12.8 Å². The number of hydrogen-bond acceptors (Lipinski definition) is 4. The van der Waals surface area contributed by atoms with Gasteiger partial charge in [0.15, 0.2) is 0 Å². The second kappa shape index (κ2) is 4.96. The van der Waals surface area contributed by atoms with Crippen LogP contribution in [0.3, 0.4) is 0 Å². The Morgan fingerprint density at radius 1 is 1.62 bits per heavy atom. The molecule has 86 valence electrons. The lowest BCUT2D eigenvalue weighted by Gasteiger charge is -2.12. The molecule has 16 heavy (non-hydrogen) atoms. The standard InChI is InChI=1S/C11H15N3O2/c1-14-7-9(6-13-14)11(5-12)16-8-10-3-2-4-15-10/h2-4,6-7,11H,5,8,12H2,1H3. The number of aryl methyl sites for hydroxylation is 1. The molecule has 2 heterocycles. The van der Waals surface area contributed by atoms with Crippen molar-refractivity contribution in [3.8, 4) is 0 Å². The number of nitrogens with zero attached hydrogens (tertiary/aromatic N) is 2. The second-order valence-corrected chi connectivity index (χ2v) is 3.56. The molecule has 2 aromatic rings. The summed E-state index contributed by atoms with van der Waals surface area (Å²) in [7, 11) is 1.86. The van der Waals surface area contributed by atoms with Crippen molar-refractivity contribution in [3.63, 3.8) is 0 Å². The Balaban J connectivity index is 1.96. The van der Waals surface area contributed by atoms with E-state index in [2.05, 4.69) is 5.10 Å². The maximum atomic E-state index is 5.66. The highest BCUT2D eigenvalue weighted by Crippen LogP contribution is 2.17. The molecular weight excluding hydrogens is 206 g/mol. The highest BCUT2D eigenvalue weighted by atomic mass is 16.5. The Kier molecular flexibility index (Phi) is 3.38. The molecule has 0 saturated carbocycles. The van der Waals surface area contributed by atoms with E-state index in [0.717, 1.165) is 11.3 Å². The van der Waals surface area contributed by atoms with Crippen molar-refractivity contribution in [2.75, 3.05) is 6.54 Å². The van der Waals surface area contributed by atoms with E-state index in [1.165, 1.54) is 0 Å². The Hall–Kier alpha value is -1.59. The summed E-state index contributed by atoms with van der Waals surface area (Å²) in [5.74, 6) is 0.794. The highest BCUT2D eigenvalue weighted by Gasteiger charge is 2.12. The minimum atomic E-state index is -0.140. The van der Waals surface area contributed by atoms with Gasteiger partial charge >= 0.3 is 0 Å². The van der Waals surface area contributed by atoms with Crippen LogP contribution in [-0.2, 0) is 18.4 Å². The molecule has 2 N–H and O–H groups in total. The summed E-state index contributed by atoms with van der Waals surface area (Å²) >= 11 is 0. The van der Waals surface area contributed by atoms with Gasteiger partial charge in [0.05, 0.1) is 18.6 Å². The zero-order valence-corrected chi connectivity index (χ0v) is 9.17. The van der Waals surface area contributed by atoms with E-state index in [9.17, 15) is 0 Å². The number of aromatic nitrogens is 2. The normalized spacial score (nSPS) is 12.9. The molecule has 0 amide bonds. The molecule has 0 aliphatic rings. The Labute approximate surface area is 93.8 Å². The van der Waals surface area contributed by atoms with Gasteiger partial charge in [-0.15, -0.1) is 0 Å². The molecule has 5 heteroatoms. The highest BCUT2D eigenvalue weighted by molar-refractivity contribution is 5.08. The fourth-order valence-corrected chi connectivity index (χ4v) is 1.48. The topological polar surface area (TPSA) is 66.2 Å². The first kappa shape index (κ1) is 10.9. The third-order valence-corrected chi connectivity index (χ3v) is 2.32. The molecule has 1 atom stereocenters. The molecule has 0 bridgehead atoms. The van der Waals surface area contributed by atoms with Gasteiger partial charge in [-0.05, 0) is 12.1 Å². The van der Waals surface area contributed by atoms with Crippen molar-refractivity contribution in [3.05, 3.63) is 42.1 Å². The molecule has 0 aliphatic heterocycles. The van der Waals surface area contributed by atoms with Gasteiger partial charge in [0.25, 0.3) is 0 Å². The van der Waals surface area contributed by atoms with Crippen molar-refractivity contribution in [1.82, 2.24) is 9.78 Å². The predicted octanol–water partition coefficient (Wildman–Crippen LogP) is 1.23. The number of hydrogen-bond donors (Lipinski definition) is 1. The lowest BCUT2D eigenvalue weighted by atomic mass is 10.2. The lowest BCUT2D eigenvalue weighted by Crippen LogP contribution is -2.15. The van der Waals surface area contributed by atoms with Crippen LogP contribution in [0.1, 0.15) is 17.4 Å². The predicted molar refractivity (Wildman–Crippen MR) is 58.5 cm³/mol. The van der Waals surface area contributed by atoms with Crippen LogP contribution in [0.4, 0.5) is 0 Å². The van der Waals surface area contributed by atoms with Crippen LogP contribution >= 0.6 is 0 Å². The van der Waals surface area contributed by atoms with Crippen LogP contribution < -0.4 is 5.73 Å². The number of ether oxygens (including phenoxy) is 1. The molecule has 0 spiro atoms. The van der Waals surface area contributed by atoms with Gasteiger partial charge in [0.2, 0.25) is 0 Å². The minimum Gasteiger partial charge on any atom is -0.467 e. The molecule has 5 nitrogen and oxygen atoms in total. The Morgan fingerprint density at radius 3 is 3.06 bits per heavy atom. The average Bonchev–Trinajstić information content (AvgIpc) is 2.91. The Morgan fingerprint density at radius 2 is 2.50 bits per heavy atom. The van der Waals surface area contributed by atoms with Gasteiger partial charge in [0.1, 0.15) is 12.4 Å². The van der Waals surface area contributed by atoms with Crippen molar-refractivity contribution >= 4 is 0 Å². The van der Waals surface area contributed by atoms with E-state index >= 15 is 0 Å². The van der Waals surface area contributed by atoms with E-state index in [4.69, 9.17) is 14.9 Å². The lowest BCUT2D eigenvalue weighted by molar-refractivity contribution is 0.0355. The zero-order valence-electron chi connectivity index (χ0n) is 9.17.